The van der Waals surface area contributed by atoms with Crippen molar-refractivity contribution in [1.29, 1.82) is 0 Å². The first kappa shape index (κ1) is 15.3. The Morgan fingerprint density at radius 1 is 1.45 bits per heavy atom. The highest BCUT2D eigenvalue weighted by molar-refractivity contribution is 5.92. The van der Waals surface area contributed by atoms with Crippen LogP contribution >= 0.6 is 0 Å². The quantitative estimate of drug-likeness (QED) is 0.726. The lowest BCUT2D eigenvalue weighted by atomic mass is 9.47. The number of ketones is 1. The third kappa shape index (κ3) is 2.21. The number of rotatable bonds is 2. The molecular formula is C17H26O3. The molecule has 112 valence electrons. The van der Waals surface area contributed by atoms with E-state index in [1.807, 2.05) is 6.08 Å². The van der Waals surface area contributed by atoms with Crippen LogP contribution in [0.15, 0.2) is 11.6 Å². The van der Waals surface area contributed by atoms with Gasteiger partial charge in [-0.25, -0.2) is 0 Å². The number of fused-ring (bicyclic) bond motifs is 1. The topological polar surface area (TPSA) is 43.4 Å². The monoisotopic (exact) mass is 278 g/mol. The van der Waals surface area contributed by atoms with Gasteiger partial charge in [0.05, 0.1) is 13.5 Å². The Morgan fingerprint density at radius 2 is 2.10 bits per heavy atom. The van der Waals surface area contributed by atoms with Gasteiger partial charge in [-0.15, -0.1) is 0 Å². The van der Waals surface area contributed by atoms with Gasteiger partial charge in [0, 0.05) is 6.42 Å². The van der Waals surface area contributed by atoms with Gasteiger partial charge in [0.25, 0.3) is 0 Å². The lowest BCUT2D eigenvalue weighted by Crippen LogP contribution is -2.51. The number of methoxy groups -OCH3 is 1. The summed E-state index contributed by atoms with van der Waals surface area (Å²) >= 11 is 0. The number of allylic oxidation sites excluding steroid dienone is 2. The first-order chi connectivity index (χ1) is 9.24. The Kier molecular flexibility index (Phi) is 3.83. The molecule has 1 fully saturated rings. The molecule has 2 aliphatic rings. The molecule has 0 amide bonds. The minimum Gasteiger partial charge on any atom is -0.469 e. The first-order valence-electron chi connectivity index (χ1n) is 7.52. The molecule has 0 aliphatic heterocycles. The van der Waals surface area contributed by atoms with E-state index >= 15 is 0 Å². The molecule has 0 aromatic rings. The summed E-state index contributed by atoms with van der Waals surface area (Å²) in [4.78, 5) is 23.9. The molecule has 2 rings (SSSR count). The van der Waals surface area contributed by atoms with Crippen LogP contribution in [0.5, 0.6) is 0 Å². The van der Waals surface area contributed by atoms with E-state index in [4.69, 9.17) is 4.74 Å². The second kappa shape index (κ2) is 5.01. The van der Waals surface area contributed by atoms with Crippen LogP contribution in [0.1, 0.15) is 53.4 Å². The summed E-state index contributed by atoms with van der Waals surface area (Å²) in [7, 11) is 1.44. The van der Waals surface area contributed by atoms with E-state index in [2.05, 4.69) is 27.7 Å². The van der Waals surface area contributed by atoms with Crippen molar-refractivity contribution in [2.45, 2.75) is 53.4 Å². The molecule has 0 spiro atoms. The number of carbonyl (C=O) groups is 2. The van der Waals surface area contributed by atoms with Crippen LogP contribution < -0.4 is 0 Å². The highest BCUT2D eigenvalue weighted by Crippen LogP contribution is 2.61. The molecule has 2 aliphatic carbocycles. The van der Waals surface area contributed by atoms with Gasteiger partial charge in [0.15, 0.2) is 5.78 Å². The van der Waals surface area contributed by atoms with Gasteiger partial charge >= 0.3 is 5.97 Å². The van der Waals surface area contributed by atoms with Crippen molar-refractivity contribution in [2.24, 2.45) is 22.7 Å². The zero-order chi connectivity index (χ0) is 15.1. The number of esters is 1. The molecule has 4 atom stereocenters. The second-order valence-electron chi connectivity index (χ2n) is 7.17. The average Bonchev–Trinajstić information content (AvgIpc) is 2.38. The molecule has 1 saturated carbocycles. The Bertz CT molecular complexity index is 465. The zero-order valence-corrected chi connectivity index (χ0v) is 13.3. The van der Waals surface area contributed by atoms with Crippen molar-refractivity contribution in [1.82, 2.24) is 0 Å². The van der Waals surface area contributed by atoms with Crippen LogP contribution in [0.4, 0.5) is 0 Å². The molecule has 3 heteroatoms. The molecule has 0 bridgehead atoms. The molecular weight excluding hydrogens is 252 g/mol. The summed E-state index contributed by atoms with van der Waals surface area (Å²) in [6.45, 7) is 8.71. The molecule has 0 N–H and O–H groups in total. The maximum absolute atomic E-state index is 12.0. The van der Waals surface area contributed by atoms with Crippen molar-refractivity contribution in [3.8, 4) is 0 Å². The summed E-state index contributed by atoms with van der Waals surface area (Å²) in [5, 5.41) is 0. The van der Waals surface area contributed by atoms with E-state index in [0.717, 1.165) is 12.8 Å². The predicted octanol–water partition coefficient (Wildman–Crippen LogP) is 3.53. The molecule has 3 nitrogen and oxygen atoms in total. The number of hydrogen-bond acceptors (Lipinski definition) is 3. The lowest BCUT2D eigenvalue weighted by Gasteiger charge is -2.57. The van der Waals surface area contributed by atoms with Crippen LogP contribution in [0.2, 0.25) is 0 Å². The van der Waals surface area contributed by atoms with Gasteiger partial charge in [0.2, 0.25) is 0 Å². The van der Waals surface area contributed by atoms with Gasteiger partial charge in [-0.2, -0.15) is 0 Å². The van der Waals surface area contributed by atoms with Crippen molar-refractivity contribution in [2.75, 3.05) is 7.11 Å². The van der Waals surface area contributed by atoms with Crippen molar-refractivity contribution >= 4 is 11.8 Å². The fourth-order valence-electron chi connectivity index (χ4n) is 4.37. The highest BCUT2D eigenvalue weighted by atomic mass is 16.5. The van der Waals surface area contributed by atoms with Crippen molar-refractivity contribution < 1.29 is 14.3 Å². The SMILES string of the molecule is COC(=O)C[C@@]1(C)[C@H](C)CC[C@@]2(C)C(C)=CC(=O)C[C@H]12. The zero-order valence-electron chi connectivity index (χ0n) is 13.3. The smallest absolute Gasteiger partial charge is 0.306 e. The molecule has 0 aromatic heterocycles. The van der Waals surface area contributed by atoms with Crippen molar-refractivity contribution in [3.63, 3.8) is 0 Å². The Labute approximate surface area is 121 Å². The maximum Gasteiger partial charge on any atom is 0.306 e. The summed E-state index contributed by atoms with van der Waals surface area (Å²) in [6.07, 6.45) is 4.98. The summed E-state index contributed by atoms with van der Waals surface area (Å²) < 4.78 is 4.89. The van der Waals surface area contributed by atoms with Gasteiger partial charge in [-0.05, 0) is 48.5 Å². The first-order valence-corrected chi connectivity index (χ1v) is 7.52. The van der Waals surface area contributed by atoms with Crippen LogP contribution in [0.25, 0.3) is 0 Å². The third-order valence-corrected chi connectivity index (χ3v) is 6.22. The Morgan fingerprint density at radius 3 is 2.70 bits per heavy atom. The number of hydrogen-bond donors (Lipinski definition) is 0. The van der Waals surface area contributed by atoms with E-state index in [9.17, 15) is 9.59 Å². The molecule has 0 radical (unpaired) electrons. The standard InChI is InChI=1S/C17H26O3/c1-11-6-7-16(3)12(2)8-13(18)9-14(16)17(11,4)10-15(19)20-5/h8,11,14H,6-7,9-10H2,1-5H3/t11-,14+,16+,17+/m1/s1. The maximum atomic E-state index is 12.0. The number of ether oxygens (including phenoxy) is 1. The van der Waals surface area contributed by atoms with Gasteiger partial charge in [-0.3, -0.25) is 9.59 Å². The van der Waals surface area contributed by atoms with E-state index in [1.165, 1.54) is 12.7 Å². The van der Waals surface area contributed by atoms with Crippen LogP contribution in [-0.2, 0) is 14.3 Å². The fourth-order valence-corrected chi connectivity index (χ4v) is 4.37. The second-order valence-corrected chi connectivity index (χ2v) is 7.17. The fraction of sp³-hybridized carbons (Fsp3) is 0.765. The summed E-state index contributed by atoms with van der Waals surface area (Å²) in [5.41, 5.74) is 1.07. The molecule has 0 unspecified atom stereocenters. The van der Waals surface area contributed by atoms with Gasteiger partial charge in [-0.1, -0.05) is 26.3 Å². The molecule has 0 saturated heterocycles. The average molecular weight is 278 g/mol. The lowest BCUT2D eigenvalue weighted by molar-refractivity contribution is -0.150. The van der Waals surface area contributed by atoms with Crippen LogP contribution in [0.3, 0.4) is 0 Å². The normalized spacial score (nSPS) is 40.9. The molecule has 0 heterocycles. The van der Waals surface area contributed by atoms with E-state index in [0.29, 0.717) is 18.8 Å². The van der Waals surface area contributed by atoms with Crippen LogP contribution in [-0.4, -0.2) is 18.9 Å². The van der Waals surface area contributed by atoms with Gasteiger partial charge in [0.1, 0.15) is 0 Å². The van der Waals surface area contributed by atoms with E-state index in [1.54, 1.807) is 0 Å². The highest BCUT2D eigenvalue weighted by Gasteiger charge is 2.55. The Balaban J connectivity index is 2.43. The van der Waals surface area contributed by atoms with E-state index in [-0.39, 0.29) is 28.5 Å². The molecule has 0 aromatic carbocycles. The van der Waals surface area contributed by atoms with Crippen molar-refractivity contribution in [3.05, 3.63) is 11.6 Å². The predicted molar refractivity (Wildman–Crippen MR) is 78.1 cm³/mol. The summed E-state index contributed by atoms with van der Waals surface area (Å²) in [6, 6.07) is 0. The van der Waals surface area contributed by atoms with Gasteiger partial charge < -0.3 is 4.74 Å². The number of carbonyl (C=O) groups excluding carboxylic acids is 2. The summed E-state index contributed by atoms with van der Waals surface area (Å²) in [5.74, 6) is 0.701. The van der Waals surface area contributed by atoms with E-state index < -0.39 is 0 Å². The largest absolute Gasteiger partial charge is 0.469 e. The third-order valence-electron chi connectivity index (χ3n) is 6.22. The molecule has 20 heavy (non-hydrogen) atoms. The Hall–Kier alpha value is -1.12. The minimum absolute atomic E-state index is 0.0448. The minimum atomic E-state index is -0.164. The van der Waals surface area contributed by atoms with Crippen LogP contribution in [0, 0.1) is 22.7 Å².